The van der Waals surface area contributed by atoms with E-state index in [0.717, 1.165) is 26.2 Å². The zero-order valence-corrected chi connectivity index (χ0v) is 16.2. The molecule has 3 rings (SSSR count). The molecule has 2 aromatic carbocycles. The van der Waals surface area contributed by atoms with Crippen molar-refractivity contribution in [2.24, 2.45) is 0 Å². The maximum absolute atomic E-state index is 12.5. The van der Waals surface area contributed by atoms with E-state index in [1.807, 2.05) is 6.07 Å². The normalized spacial score (nSPS) is 14.7. The van der Waals surface area contributed by atoms with Gasteiger partial charge in [-0.3, -0.25) is 4.79 Å². The highest BCUT2D eigenvalue weighted by Gasteiger charge is 2.23. The van der Waals surface area contributed by atoms with E-state index in [4.69, 9.17) is 9.47 Å². The Balaban J connectivity index is 1.55. The molecular weight excluding hydrogens is 342 g/mol. The fourth-order valence-corrected chi connectivity index (χ4v) is 3.49. The molecule has 1 fully saturated rings. The summed E-state index contributed by atoms with van der Waals surface area (Å²) in [5.74, 6) is 1.30. The summed E-state index contributed by atoms with van der Waals surface area (Å²) in [6.45, 7) is 6.38. The highest BCUT2D eigenvalue weighted by atomic mass is 16.5. The monoisotopic (exact) mass is 370 g/mol. The van der Waals surface area contributed by atoms with Gasteiger partial charge in [-0.2, -0.15) is 0 Å². The van der Waals surface area contributed by atoms with Gasteiger partial charge >= 0.3 is 0 Å². The van der Waals surface area contributed by atoms with Crippen molar-refractivity contribution in [3.63, 3.8) is 0 Å². The molecule has 6 nitrogen and oxygen atoms in total. The molecule has 0 atom stereocenters. The van der Waals surface area contributed by atoms with Gasteiger partial charge in [-0.1, -0.05) is 18.2 Å². The summed E-state index contributed by atoms with van der Waals surface area (Å²) in [5.41, 5.74) is 3.23. The van der Waals surface area contributed by atoms with E-state index in [-0.39, 0.29) is 5.91 Å². The van der Waals surface area contributed by atoms with Gasteiger partial charge in [-0.15, -0.1) is 0 Å². The van der Waals surface area contributed by atoms with Crippen LogP contribution in [0, 0.1) is 6.92 Å². The predicted octanol–water partition coefficient (Wildman–Crippen LogP) is 1.36. The molecule has 1 heterocycles. The van der Waals surface area contributed by atoms with Crippen LogP contribution >= 0.6 is 0 Å². The summed E-state index contributed by atoms with van der Waals surface area (Å²) < 4.78 is 10.6. The third-order valence-corrected chi connectivity index (χ3v) is 5.02. The van der Waals surface area contributed by atoms with Gasteiger partial charge in [-0.25, -0.2) is 0 Å². The minimum Gasteiger partial charge on any atom is -0.497 e. The molecule has 2 aromatic rings. The number of rotatable bonds is 6. The van der Waals surface area contributed by atoms with Crippen molar-refractivity contribution in [1.82, 2.24) is 0 Å². The molecule has 0 aromatic heterocycles. The molecule has 1 saturated heterocycles. The Morgan fingerprint density at radius 3 is 2.52 bits per heavy atom. The summed E-state index contributed by atoms with van der Waals surface area (Å²) in [6, 6.07) is 13.8. The molecule has 6 heteroatoms. The summed E-state index contributed by atoms with van der Waals surface area (Å²) in [6.07, 6.45) is 0. The second-order valence-corrected chi connectivity index (χ2v) is 6.81. The van der Waals surface area contributed by atoms with Crippen molar-refractivity contribution >= 4 is 17.3 Å². The van der Waals surface area contributed by atoms with Crippen LogP contribution in [-0.2, 0) is 4.79 Å². The van der Waals surface area contributed by atoms with Crippen LogP contribution in [0.4, 0.5) is 11.4 Å². The molecule has 0 bridgehead atoms. The number of hydrogen-bond acceptors (Lipinski definition) is 4. The lowest BCUT2D eigenvalue weighted by atomic mass is 10.1. The zero-order valence-electron chi connectivity index (χ0n) is 16.2. The number of hydrogen-bond donors (Lipinski definition) is 2. The van der Waals surface area contributed by atoms with Crippen LogP contribution in [0.3, 0.4) is 0 Å². The number of para-hydroxylation sites is 1. The number of aryl methyl sites for hydroxylation is 1. The van der Waals surface area contributed by atoms with Crippen molar-refractivity contribution in [2.45, 2.75) is 6.92 Å². The second kappa shape index (κ2) is 8.77. The van der Waals surface area contributed by atoms with Crippen LogP contribution in [0.5, 0.6) is 11.5 Å². The summed E-state index contributed by atoms with van der Waals surface area (Å²) >= 11 is 0. The molecule has 1 amide bonds. The topological polar surface area (TPSA) is 55.2 Å². The molecule has 1 aliphatic rings. The lowest BCUT2D eigenvalue weighted by molar-refractivity contribution is -0.892. The van der Waals surface area contributed by atoms with Gasteiger partial charge in [0.15, 0.2) is 6.54 Å². The number of amides is 1. The quantitative estimate of drug-likeness (QED) is 0.806. The number of nitrogens with one attached hydrogen (secondary N) is 2. The number of carbonyl (C=O) groups is 1. The number of quaternary nitrogens is 1. The Bertz CT molecular complexity index is 786. The lowest BCUT2D eigenvalue weighted by Crippen LogP contribution is -3.15. The molecule has 1 aliphatic heterocycles. The van der Waals surface area contributed by atoms with E-state index in [1.54, 1.807) is 26.4 Å². The Morgan fingerprint density at radius 2 is 1.85 bits per heavy atom. The average Bonchev–Trinajstić information content (AvgIpc) is 2.69. The number of anilines is 2. The minimum absolute atomic E-state index is 0.0131. The van der Waals surface area contributed by atoms with Crippen molar-refractivity contribution in [1.29, 1.82) is 0 Å². The summed E-state index contributed by atoms with van der Waals surface area (Å²) in [5, 5.41) is 2.96. The highest BCUT2D eigenvalue weighted by molar-refractivity contribution is 5.93. The third kappa shape index (κ3) is 4.71. The Kier molecular flexibility index (Phi) is 6.19. The molecule has 0 aliphatic carbocycles. The van der Waals surface area contributed by atoms with E-state index in [0.29, 0.717) is 23.7 Å². The van der Waals surface area contributed by atoms with Crippen molar-refractivity contribution in [2.75, 3.05) is 57.2 Å². The lowest BCUT2D eigenvalue weighted by Gasteiger charge is -2.34. The van der Waals surface area contributed by atoms with Crippen LogP contribution < -0.4 is 24.6 Å². The van der Waals surface area contributed by atoms with Gasteiger partial charge < -0.3 is 24.6 Å². The van der Waals surface area contributed by atoms with Crippen LogP contribution in [0.2, 0.25) is 0 Å². The molecule has 2 N–H and O–H groups in total. The number of carbonyl (C=O) groups excluding carboxylic acids is 1. The smallest absolute Gasteiger partial charge is 0.279 e. The molecule has 0 saturated carbocycles. The van der Waals surface area contributed by atoms with Gasteiger partial charge in [0.1, 0.15) is 11.5 Å². The molecule has 0 spiro atoms. The average molecular weight is 370 g/mol. The number of benzene rings is 2. The Hall–Kier alpha value is -2.73. The van der Waals surface area contributed by atoms with Gasteiger partial charge in [0.2, 0.25) is 0 Å². The summed E-state index contributed by atoms with van der Waals surface area (Å²) in [7, 11) is 3.19. The Labute approximate surface area is 160 Å². The number of piperazine rings is 1. The maximum atomic E-state index is 12.5. The number of ether oxygens (including phenoxy) is 2. The maximum Gasteiger partial charge on any atom is 0.279 e. The van der Waals surface area contributed by atoms with E-state index in [1.165, 1.54) is 16.2 Å². The SMILES string of the molecule is COc1ccc(OC)c(NC(=O)C[NH+]2CCN(c3ccccc3C)CC2)c1. The first kappa shape index (κ1) is 19.0. The van der Waals surface area contributed by atoms with E-state index in [2.05, 4.69) is 41.4 Å². The van der Waals surface area contributed by atoms with Gasteiger partial charge in [0.05, 0.1) is 46.1 Å². The van der Waals surface area contributed by atoms with Crippen molar-refractivity contribution in [3.8, 4) is 11.5 Å². The summed E-state index contributed by atoms with van der Waals surface area (Å²) in [4.78, 5) is 16.2. The van der Waals surface area contributed by atoms with Gasteiger partial charge in [-0.05, 0) is 30.7 Å². The number of methoxy groups -OCH3 is 2. The standard InChI is InChI=1S/C21H27N3O3/c1-16-6-4-5-7-19(16)24-12-10-23(11-13-24)15-21(25)22-18-14-17(26-2)8-9-20(18)27-3/h4-9,14H,10-13,15H2,1-3H3,(H,22,25)/p+1. The van der Waals surface area contributed by atoms with Crippen LogP contribution in [0.15, 0.2) is 42.5 Å². The molecular formula is C21H28N3O3+. The fraction of sp³-hybridized carbons (Fsp3) is 0.381. The van der Waals surface area contributed by atoms with E-state index < -0.39 is 0 Å². The van der Waals surface area contributed by atoms with Crippen LogP contribution in [0.25, 0.3) is 0 Å². The molecule has 144 valence electrons. The van der Waals surface area contributed by atoms with Crippen LogP contribution in [-0.4, -0.2) is 52.9 Å². The zero-order chi connectivity index (χ0) is 19.2. The van der Waals surface area contributed by atoms with Gasteiger partial charge in [0.25, 0.3) is 5.91 Å². The fourth-order valence-electron chi connectivity index (χ4n) is 3.49. The van der Waals surface area contributed by atoms with Crippen LogP contribution in [0.1, 0.15) is 5.56 Å². The third-order valence-electron chi connectivity index (χ3n) is 5.02. The van der Waals surface area contributed by atoms with E-state index >= 15 is 0 Å². The molecule has 0 unspecified atom stereocenters. The first-order chi connectivity index (χ1) is 13.1. The predicted molar refractivity (Wildman–Crippen MR) is 107 cm³/mol. The first-order valence-corrected chi connectivity index (χ1v) is 9.26. The number of nitrogens with zero attached hydrogens (tertiary/aromatic N) is 1. The van der Waals surface area contributed by atoms with Crippen molar-refractivity contribution < 1.29 is 19.2 Å². The first-order valence-electron chi connectivity index (χ1n) is 9.26. The minimum atomic E-state index is -0.0131. The van der Waals surface area contributed by atoms with E-state index in [9.17, 15) is 4.79 Å². The molecule has 0 radical (unpaired) electrons. The van der Waals surface area contributed by atoms with Crippen molar-refractivity contribution in [3.05, 3.63) is 48.0 Å². The Morgan fingerprint density at radius 1 is 1.11 bits per heavy atom. The van der Waals surface area contributed by atoms with Gasteiger partial charge in [0, 0.05) is 11.8 Å². The molecule has 27 heavy (non-hydrogen) atoms. The highest BCUT2D eigenvalue weighted by Crippen LogP contribution is 2.28. The second-order valence-electron chi connectivity index (χ2n) is 6.81. The largest absolute Gasteiger partial charge is 0.497 e.